The maximum Gasteiger partial charge on any atom is 0.163 e. The van der Waals surface area contributed by atoms with Crippen molar-refractivity contribution >= 4 is 27.6 Å². The number of hydrogen-bond donors (Lipinski definition) is 2. The summed E-state index contributed by atoms with van der Waals surface area (Å²) in [6, 6.07) is 11.6. The summed E-state index contributed by atoms with van der Waals surface area (Å²) in [6.45, 7) is 10.8. The van der Waals surface area contributed by atoms with Gasteiger partial charge in [-0.2, -0.15) is 0 Å². The third-order valence-electron chi connectivity index (χ3n) is 4.09. The molecule has 0 aliphatic rings. The minimum Gasteiger partial charge on any atom is -0.507 e. The van der Waals surface area contributed by atoms with Crippen LogP contribution in [0.3, 0.4) is 0 Å². The van der Waals surface area contributed by atoms with Gasteiger partial charge < -0.3 is 15.0 Å². The van der Waals surface area contributed by atoms with Gasteiger partial charge in [0.05, 0.1) is 11.1 Å². The maximum absolute atomic E-state index is 11.6. The van der Waals surface area contributed by atoms with Gasteiger partial charge in [-0.25, -0.2) is 0 Å². The van der Waals surface area contributed by atoms with Crippen LogP contribution in [0.1, 0.15) is 38.1 Å². The molecule has 0 fully saturated rings. The zero-order valence-corrected chi connectivity index (χ0v) is 14.9. The Bertz CT molecular complexity index is 848. The van der Waals surface area contributed by atoms with Crippen LogP contribution >= 0.6 is 0 Å². The molecular weight excluding hydrogens is 300 g/mol. The van der Waals surface area contributed by atoms with Crippen molar-refractivity contribution in [2.24, 2.45) is 0 Å². The van der Waals surface area contributed by atoms with E-state index in [0.29, 0.717) is 5.56 Å². The molecule has 1 aromatic heterocycles. The van der Waals surface area contributed by atoms with Crippen LogP contribution in [-0.2, 0) is 6.54 Å². The minimum atomic E-state index is -0.118. The van der Waals surface area contributed by atoms with Crippen LogP contribution < -0.4 is 5.32 Å². The van der Waals surface area contributed by atoms with Crippen molar-refractivity contribution in [1.82, 2.24) is 9.88 Å². The molecule has 0 aliphatic heterocycles. The maximum atomic E-state index is 11.6. The summed E-state index contributed by atoms with van der Waals surface area (Å²) in [5, 5.41) is 15.2. The van der Waals surface area contributed by atoms with E-state index >= 15 is 0 Å². The normalized spacial score (nSPS) is 10.7. The minimum absolute atomic E-state index is 0.0532. The van der Waals surface area contributed by atoms with Crippen LogP contribution in [0.25, 0.3) is 21.8 Å². The Morgan fingerprint density at radius 1 is 1.04 bits per heavy atom. The van der Waals surface area contributed by atoms with E-state index in [9.17, 15) is 9.90 Å². The van der Waals surface area contributed by atoms with Gasteiger partial charge in [0.25, 0.3) is 0 Å². The highest BCUT2D eigenvalue weighted by atomic mass is 16.3. The summed E-state index contributed by atoms with van der Waals surface area (Å²) in [4.78, 5) is 11.6. The van der Waals surface area contributed by atoms with Crippen molar-refractivity contribution in [3.05, 3.63) is 42.0 Å². The summed E-state index contributed by atoms with van der Waals surface area (Å²) in [5.74, 6) is -0.0646. The third kappa shape index (κ3) is 3.44. The number of fused-ring (bicyclic) bond motifs is 3. The predicted molar refractivity (Wildman–Crippen MR) is 101 cm³/mol. The van der Waals surface area contributed by atoms with Gasteiger partial charge >= 0.3 is 0 Å². The summed E-state index contributed by atoms with van der Waals surface area (Å²) in [5.41, 5.74) is 2.47. The Labute approximate surface area is 143 Å². The van der Waals surface area contributed by atoms with Crippen LogP contribution in [0.2, 0.25) is 0 Å². The SMILES string of the molecule is CCNCC.CCn1c2ccccc2c2cc(C(C)=O)c(O)cc21. The number of hydrogen-bond acceptors (Lipinski definition) is 3. The average molecular weight is 326 g/mol. The van der Waals surface area contributed by atoms with E-state index in [2.05, 4.69) is 36.7 Å². The molecule has 0 aliphatic carbocycles. The number of carbonyl (C=O) groups is 1. The number of ketones is 1. The van der Waals surface area contributed by atoms with Crippen LogP contribution in [0.5, 0.6) is 5.75 Å². The molecule has 0 saturated carbocycles. The topological polar surface area (TPSA) is 54.3 Å². The first kappa shape index (κ1) is 18.0. The van der Waals surface area contributed by atoms with Gasteiger partial charge in [0, 0.05) is 28.9 Å². The molecule has 0 radical (unpaired) electrons. The van der Waals surface area contributed by atoms with E-state index in [0.717, 1.165) is 41.4 Å². The van der Waals surface area contributed by atoms with Gasteiger partial charge in [0.15, 0.2) is 5.78 Å². The summed E-state index contributed by atoms with van der Waals surface area (Å²) >= 11 is 0. The molecule has 0 bridgehead atoms. The number of nitrogens with zero attached hydrogens (tertiary/aromatic N) is 1. The smallest absolute Gasteiger partial charge is 0.163 e. The highest BCUT2D eigenvalue weighted by Crippen LogP contribution is 2.33. The summed E-state index contributed by atoms with van der Waals surface area (Å²) in [6.07, 6.45) is 0. The fraction of sp³-hybridized carbons (Fsp3) is 0.350. The number of carbonyl (C=O) groups excluding carboxylic acids is 1. The predicted octanol–water partition coefficient (Wildman–Crippen LogP) is 4.34. The van der Waals surface area contributed by atoms with Gasteiger partial charge in [-0.15, -0.1) is 0 Å². The molecule has 3 rings (SSSR count). The summed E-state index contributed by atoms with van der Waals surface area (Å²) < 4.78 is 2.15. The number of phenolic OH excluding ortho intramolecular Hbond substituents is 1. The number of aromatic hydroxyl groups is 1. The zero-order valence-electron chi connectivity index (χ0n) is 14.9. The molecule has 4 heteroatoms. The lowest BCUT2D eigenvalue weighted by molar-refractivity contribution is 0.101. The molecule has 0 amide bonds. The number of phenols is 1. The number of benzene rings is 2. The van der Waals surface area contributed by atoms with Crippen molar-refractivity contribution in [2.45, 2.75) is 34.2 Å². The fourth-order valence-electron chi connectivity index (χ4n) is 2.96. The van der Waals surface area contributed by atoms with Crippen LogP contribution in [0, 0.1) is 0 Å². The van der Waals surface area contributed by atoms with Crippen molar-refractivity contribution in [1.29, 1.82) is 0 Å². The Morgan fingerprint density at radius 3 is 2.25 bits per heavy atom. The first-order valence-corrected chi connectivity index (χ1v) is 8.50. The number of aromatic nitrogens is 1. The lowest BCUT2D eigenvalue weighted by Crippen LogP contribution is -2.09. The van der Waals surface area contributed by atoms with Crippen molar-refractivity contribution in [2.75, 3.05) is 13.1 Å². The number of Topliss-reactive ketones (excluding diaryl/α,β-unsaturated/α-hetero) is 1. The zero-order chi connectivity index (χ0) is 17.7. The van der Waals surface area contributed by atoms with Gasteiger partial charge in [0.2, 0.25) is 0 Å². The molecule has 2 N–H and O–H groups in total. The first-order valence-electron chi connectivity index (χ1n) is 8.50. The summed E-state index contributed by atoms with van der Waals surface area (Å²) in [7, 11) is 0. The van der Waals surface area contributed by atoms with Gasteiger partial charge in [-0.05, 0) is 39.1 Å². The Kier molecular flexibility index (Phi) is 5.99. The third-order valence-corrected chi connectivity index (χ3v) is 4.09. The standard InChI is InChI=1S/C16H15NO2.C4H11N/c1-3-17-14-7-5-4-6-11(14)13-8-12(10(2)18)16(19)9-15(13)17;1-3-5-4-2/h4-9,19H,3H2,1-2H3;5H,3-4H2,1-2H3. The van der Waals surface area contributed by atoms with Crippen molar-refractivity contribution in [3.63, 3.8) is 0 Å². The molecule has 0 spiro atoms. The lowest BCUT2D eigenvalue weighted by Gasteiger charge is -2.05. The van der Waals surface area contributed by atoms with E-state index in [4.69, 9.17) is 0 Å². The fourth-order valence-corrected chi connectivity index (χ4v) is 2.96. The molecular formula is C20H26N2O2. The van der Waals surface area contributed by atoms with Crippen LogP contribution in [0.15, 0.2) is 36.4 Å². The van der Waals surface area contributed by atoms with Crippen molar-refractivity contribution < 1.29 is 9.90 Å². The second-order valence-corrected chi connectivity index (χ2v) is 5.66. The number of aryl methyl sites for hydroxylation is 1. The van der Waals surface area contributed by atoms with E-state index in [1.807, 2.05) is 18.2 Å². The second-order valence-electron chi connectivity index (χ2n) is 5.66. The second kappa shape index (κ2) is 7.97. The Morgan fingerprint density at radius 2 is 1.71 bits per heavy atom. The number of rotatable bonds is 4. The van der Waals surface area contributed by atoms with Crippen LogP contribution in [0.4, 0.5) is 0 Å². The average Bonchev–Trinajstić information content (AvgIpc) is 2.87. The lowest BCUT2D eigenvalue weighted by atomic mass is 10.1. The van der Waals surface area contributed by atoms with E-state index < -0.39 is 0 Å². The molecule has 2 aromatic carbocycles. The molecule has 128 valence electrons. The van der Waals surface area contributed by atoms with Crippen molar-refractivity contribution in [3.8, 4) is 5.75 Å². The molecule has 3 aromatic rings. The highest BCUT2D eigenvalue weighted by molar-refractivity contribution is 6.11. The van der Waals surface area contributed by atoms with Gasteiger partial charge in [-0.1, -0.05) is 32.0 Å². The quantitative estimate of drug-likeness (QED) is 0.701. The van der Waals surface area contributed by atoms with E-state index in [1.54, 1.807) is 12.1 Å². The van der Waals surface area contributed by atoms with Gasteiger partial charge in [0.1, 0.15) is 5.75 Å². The van der Waals surface area contributed by atoms with Gasteiger partial charge in [-0.3, -0.25) is 4.79 Å². The highest BCUT2D eigenvalue weighted by Gasteiger charge is 2.14. The van der Waals surface area contributed by atoms with E-state index in [1.165, 1.54) is 6.92 Å². The Hall–Kier alpha value is -2.33. The molecule has 24 heavy (non-hydrogen) atoms. The monoisotopic (exact) mass is 326 g/mol. The Balaban J connectivity index is 0.000000368. The number of para-hydroxylation sites is 1. The molecule has 1 heterocycles. The first-order chi connectivity index (χ1) is 11.5. The van der Waals surface area contributed by atoms with E-state index in [-0.39, 0.29) is 11.5 Å². The molecule has 0 unspecified atom stereocenters. The largest absolute Gasteiger partial charge is 0.507 e. The number of nitrogens with one attached hydrogen (secondary N) is 1. The molecule has 4 nitrogen and oxygen atoms in total. The molecule has 0 saturated heterocycles. The van der Waals surface area contributed by atoms with Crippen LogP contribution in [-0.4, -0.2) is 28.5 Å². The molecule has 0 atom stereocenters.